The molecule has 1 N–H and O–H groups in total. The zero-order valence-corrected chi connectivity index (χ0v) is 13.8. The highest BCUT2D eigenvalue weighted by Gasteiger charge is 2.36. The number of carbonyl (C=O) groups is 1. The second-order valence-electron chi connectivity index (χ2n) is 6.67. The molecule has 0 bridgehead atoms. The number of likely N-dealkylation sites (tertiary alicyclic amines) is 1. The highest BCUT2D eigenvalue weighted by molar-refractivity contribution is 5.78. The Kier molecular flexibility index (Phi) is 5.40. The maximum Gasteiger partial charge on any atom is 0.230 e. The van der Waals surface area contributed by atoms with Crippen molar-refractivity contribution in [2.45, 2.75) is 46.5 Å². The van der Waals surface area contributed by atoms with Crippen molar-refractivity contribution in [2.24, 2.45) is 5.41 Å². The molecule has 1 amide bonds. The number of hydrogen-bond acceptors (Lipinski definition) is 4. The molecule has 0 radical (unpaired) electrons. The maximum atomic E-state index is 12.5. The molecule has 0 saturated carbocycles. The van der Waals surface area contributed by atoms with Gasteiger partial charge in [0.1, 0.15) is 5.76 Å². The van der Waals surface area contributed by atoms with E-state index in [1.165, 1.54) is 5.57 Å². The first kappa shape index (κ1) is 16.7. The van der Waals surface area contributed by atoms with E-state index in [4.69, 9.17) is 4.52 Å². The molecule has 2 rings (SSSR count). The van der Waals surface area contributed by atoms with E-state index >= 15 is 0 Å². The van der Waals surface area contributed by atoms with Gasteiger partial charge < -0.3 is 14.5 Å². The number of aromatic nitrogens is 1. The number of hydrogen-bond donors (Lipinski definition) is 1. The van der Waals surface area contributed by atoms with Gasteiger partial charge in [0.25, 0.3) is 0 Å². The van der Waals surface area contributed by atoms with Crippen LogP contribution in [0.4, 0.5) is 0 Å². The molecule has 1 unspecified atom stereocenters. The van der Waals surface area contributed by atoms with Gasteiger partial charge in [0.2, 0.25) is 5.91 Å². The third kappa shape index (κ3) is 4.19. The van der Waals surface area contributed by atoms with Crippen LogP contribution >= 0.6 is 0 Å². The predicted molar refractivity (Wildman–Crippen MR) is 84.3 cm³/mol. The minimum atomic E-state index is -0.206. The fourth-order valence-electron chi connectivity index (χ4n) is 2.96. The van der Waals surface area contributed by atoms with Gasteiger partial charge >= 0.3 is 0 Å². The van der Waals surface area contributed by atoms with Gasteiger partial charge in [0.05, 0.1) is 18.7 Å². The fourth-order valence-corrected chi connectivity index (χ4v) is 2.96. The molecule has 1 fully saturated rings. The Bertz CT molecular complexity index is 546. The maximum absolute atomic E-state index is 12.5. The highest BCUT2D eigenvalue weighted by Crippen LogP contribution is 2.34. The molecule has 5 heteroatoms. The normalized spacial score (nSPS) is 21.7. The molecular formula is C17H26N2O3. The third-order valence-corrected chi connectivity index (χ3v) is 4.30. The number of carbonyl (C=O) groups excluding carboxylic acids is 1. The van der Waals surface area contributed by atoms with E-state index in [2.05, 4.69) is 25.1 Å². The Hall–Kier alpha value is -1.62. The lowest BCUT2D eigenvalue weighted by Crippen LogP contribution is -2.48. The van der Waals surface area contributed by atoms with E-state index in [0.717, 1.165) is 31.5 Å². The van der Waals surface area contributed by atoms with Crippen molar-refractivity contribution >= 4 is 5.91 Å². The van der Waals surface area contributed by atoms with E-state index in [9.17, 15) is 9.90 Å². The molecule has 1 aromatic heterocycles. The summed E-state index contributed by atoms with van der Waals surface area (Å²) in [7, 11) is 0. The molecule has 122 valence electrons. The number of aliphatic hydroxyl groups is 1. The smallest absolute Gasteiger partial charge is 0.230 e. The lowest BCUT2D eigenvalue weighted by atomic mass is 9.77. The van der Waals surface area contributed by atoms with Crippen molar-refractivity contribution in [3.8, 4) is 0 Å². The van der Waals surface area contributed by atoms with Crippen LogP contribution in [0.1, 0.15) is 44.6 Å². The largest absolute Gasteiger partial charge is 0.396 e. The Morgan fingerprint density at radius 1 is 1.55 bits per heavy atom. The fraction of sp³-hybridized carbons (Fsp3) is 0.647. The van der Waals surface area contributed by atoms with Gasteiger partial charge in [-0.05, 0) is 40.0 Å². The third-order valence-electron chi connectivity index (χ3n) is 4.30. The average molecular weight is 306 g/mol. The summed E-state index contributed by atoms with van der Waals surface area (Å²) in [6.07, 6.45) is 5.10. The van der Waals surface area contributed by atoms with Crippen LogP contribution in [-0.4, -0.2) is 40.8 Å². The average Bonchev–Trinajstić information content (AvgIpc) is 2.90. The monoisotopic (exact) mass is 306 g/mol. The standard InChI is InChI=1S/C17H26N2O3/c1-13(2)5-7-17(12-20)6-4-8-19(11-17)16(21)10-15-9-14(3)18-22-15/h5,9,20H,4,6-8,10-12H2,1-3H3. The Balaban J connectivity index is 2.02. The number of amides is 1. The van der Waals surface area contributed by atoms with E-state index in [1.807, 2.05) is 11.8 Å². The summed E-state index contributed by atoms with van der Waals surface area (Å²) >= 11 is 0. The van der Waals surface area contributed by atoms with Crippen LogP contribution in [0.2, 0.25) is 0 Å². The first-order valence-corrected chi connectivity index (χ1v) is 7.88. The van der Waals surface area contributed by atoms with Gasteiger partial charge in [-0.15, -0.1) is 0 Å². The van der Waals surface area contributed by atoms with Crippen LogP contribution in [0.3, 0.4) is 0 Å². The Labute approximate surface area is 132 Å². The molecule has 2 heterocycles. The molecule has 1 aliphatic rings. The Morgan fingerprint density at radius 2 is 2.32 bits per heavy atom. The lowest BCUT2D eigenvalue weighted by molar-refractivity contribution is -0.135. The van der Waals surface area contributed by atoms with E-state index in [1.54, 1.807) is 6.07 Å². The molecule has 5 nitrogen and oxygen atoms in total. The second-order valence-corrected chi connectivity index (χ2v) is 6.67. The van der Waals surface area contributed by atoms with Gasteiger partial charge in [-0.2, -0.15) is 0 Å². The van der Waals surface area contributed by atoms with Gasteiger partial charge in [0.15, 0.2) is 0 Å². The zero-order chi connectivity index (χ0) is 16.2. The molecule has 0 aromatic carbocycles. The molecule has 1 aromatic rings. The van der Waals surface area contributed by atoms with Crippen molar-refractivity contribution in [1.82, 2.24) is 10.1 Å². The van der Waals surface area contributed by atoms with Crippen LogP contribution in [0.5, 0.6) is 0 Å². The van der Waals surface area contributed by atoms with Crippen LogP contribution in [0.25, 0.3) is 0 Å². The zero-order valence-electron chi connectivity index (χ0n) is 13.8. The first-order chi connectivity index (χ1) is 10.4. The SMILES string of the molecule is CC(C)=CCC1(CO)CCCN(C(=O)Cc2cc(C)no2)C1. The number of aryl methyl sites for hydroxylation is 1. The lowest BCUT2D eigenvalue weighted by Gasteiger charge is -2.41. The summed E-state index contributed by atoms with van der Waals surface area (Å²) in [4.78, 5) is 14.3. The summed E-state index contributed by atoms with van der Waals surface area (Å²) in [5.41, 5.74) is 1.82. The molecule has 0 aliphatic carbocycles. The van der Waals surface area contributed by atoms with Crippen LogP contribution < -0.4 is 0 Å². The molecule has 0 spiro atoms. The van der Waals surface area contributed by atoms with Crippen molar-refractivity contribution in [3.63, 3.8) is 0 Å². The van der Waals surface area contributed by atoms with Gasteiger partial charge in [0, 0.05) is 24.6 Å². The van der Waals surface area contributed by atoms with E-state index in [0.29, 0.717) is 12.3 Å². The number of nitrogens with zero attached hydrogens (tertiary/aromatic N) is 2. The minimum absolute atomic E-state index is 0.0471. The van der Waals surface area contributed by atoms with E-state index < -0.39 is 0 Å². The first-order valence-electron chi connectivity index (χ1n) is 7.88. The summed E-state index contributed by atoms with van der Waals surface area (Å²) in [6, 6.07) is 1.80. The summed E-state index contributed by atoms with van der Waals surface area (Å²) < 4.78 is 5.13. The topological polar surface area (TPSA) is 66.6 Å². The van der Waals surface area contributed by atoms with Crippen molar-refractivity contribution in [3.05, 3.63) is 29.2 Å². The summed E-state index contributed by atoms with van der Waals surface area (Å²) in [5, 5.41) is 13.7. The molecule has 1 aliphatic heterocycles. The van der Waals surface area contributed by atoms with Crippen LogP contribution in [0.15, 0.2) is 22.2 Å². The van der Waals surface area contributed by atoms with E-state index in [-0.39, 0.29) is 24.3 Å². The molecule has 22 heavy (non-hydrogen) atoms. The highest BCUT2D eigenvalue weighted by atomic mass is 16.5. The van der Waals surface area contributed by atoms with Gasteiger partial charge in [-0.3, -0.25) is 4.79 Å². The van der Waals surface area contributed by atoms with Crippen LogP contribution in [0, 0.1) is 12.3 Å². The molecule has 1 saturated heterocycles. The van der Waals surface area contributed by atoms with Crippen molar-refractivity contribution in [1.29, 1.82) is 0 Å². The Morgan fingerprint density at radius 3 is 2.91 bits per heavy atom. The predicted octanol–water partition coefficient (Wildman–Crippen LogP) is 2.48. The quantitative estimate of drug-likeness (QED) is 0.849. The van der Waals surface area contributed by atoms with Crippen molar-refractivity contribution in [2.75, 3.05) is 19.7 Å². The second kappa shape index (κ2) is 7.09. The minimum Gasteiger partial charge on any atom is -0.396 e. The molecular weight excluding hydrogens is 280 g/mol. The summed E-state index contributed by atoms with van der Waals surface area (Å²) in [5.74, 6) is 0.651. The number of aliphatic hydroxyl groups excluding tert-OH is 1. The number of piperidine rings is 1. The summed E-state index contributed by atoms with van der Waals surface area (Å²) in [6.45, 7) is 7.43. The van der Waals surface area contributed by atoms with Crippen molar-refractivity contribution < 1.29 is 14.4 Å². The van der Waals surface area contributed by atoms with Crippen LogP contribution in [-0.2, 0) is 11.2 Å². The van der Waals surface area contributed by atoms with Gasteiger partial charge in [-0.25, -0.2) is 0 Å². The van der Waals surface area contributed by atoms with Gasteiger partial charge in [-0.1, -0.05) is 16.8 Å². The number of rotatable bonds is 5. The number of allylic oxidation sites excluding steroid dienone is 2. The molecule has 1 atom stereocenters.